The van der Waals surface area contributed by atoms with Crippen molar-refractivity contribution in [2.75, 3.05) is 24.6 Å². The molecule has 0 N–H and O–H groups in total. The Labute approximate surface area is 185 Å². The number of halogens is 1. The van der Waals surface area contributed by atoms with Gasteiger partial charge in [0.15, 0.2) is 5.65 Å². The van der Waals surface area contributed by atoms with Gasteiger partial charge in [0.1, 0.15) is 23.1 Å². The summed E-state index contributed by atoms with van der Waals surface area (Å²) >= 11 is 0. The van der Waals surface area contributed by atoms with E-state index in [0.717, 1.165) is 22.5 Å². The zero-order chi connectivity index (χ0) is 22.4. The monoisotopic (exact) mass is 433 g/mol. The van der Waals surface area contributed by atoms with E-state index < -0.39 is 0 Å². The number of morpholine rings is 1. The minimum absolute atomic E-state index is 0.151. The summed E-state index contributed by atoms with van der Waals surface area (Å²) in [5.41, 5.74) is 5.18. The summed E-state index contributed by atoms with van der Waals surface area (Å²) in [4.78, 5) is 20.8. The van der Waals surface area contributed by atoms with Crippen LogP contribution in [0.4, 0.5) is 10.3 Å². The molecule has 0 aliphatic carbocycles. The molecule has 9 heteroatoms. The zero-order valence-electron chi connectivity index (χ0n) is 18.5. The lowest BCUT2D eigenvalue weighted by atomic mass is 10.1. The van der Waals surface area contributed by atoms with Crippen LogP contribution in [0.5, 0.6) is 0 Å². The molecular formula is C23H24FN7O. The van der Waals surface area contributed by atoms with Crippen LogP contribution in [0, 0.1) is 26.6 Å². The van der Waals surface area contributed by atoms with E-state index in [1.807, 2.05) is 45.0 Å². The topological polar surface area (TPSA) is 81.9 Å². The van der Waals surface area contributed by atoms with Crippen molar-refractivity contribution in [3.63, 3.8) is 0 Å². The number of aryl methyl sites for hydroxylation is 4. The Morgan fingerprint density at radius 3 is 2.62 bits per heavy atom. The van der Waals surface area contributed by atoms with E-state index in [1.54, 1.807) is 16.9 Å². The van der Waals surface area contributed by atoms with Crippen molar-refractivity contribution < 1.29 is 9.13 Å². The van der Waals surface area contributed by atoms with Crippen LogP contribution < -0.4 is 4.90 Å². The summed E-state index contributed by atoms with van der Waals surface area (Å²) in [6.07, 6.45) is 3.60. The van der Waals surface area contributed by atoms with Crippen molar-refractivity contribution in [3.8, 4) is 11.3 Å². The first-order chi connectivity index (χ1) is 15.4. The van der Waals surface area contributed by atoms with Gasteiger partial charge in [-0.1, -0.05) is 6.07 Å². The smallest absolute Gasteiger partial charge is 0.228 e. The molecule has 0 radical (unpaired) electrons. The van der Waals surface area contributed by atoms with E-state index in [2.05, 4.69) is 15.1 Å². The van der Waals surface area contributed by atoms with Gasteiger partial charge in [-0.3, -0.25) is 4.68 Å². The highest BCUT2D eigenvalue weighted by Gasteiger charge is 2.27. The SMILES string of the molecule is Cc1ccc(-c2nc(N3CCO[C@@H](c4cnn(C)c4)C3)nc3nc(C)c(C)nc23)c(F)c1. The first kappa shape index (κ1) is 20.4. The van der Waals surface area contributed by atoms with Crippen LogP contribution in [0.2, 0.25) is 0 Å². The summed E-state index contributed by atoms with van der Waals surface area (Å²) in [6.45, 7) is 7.33. The maximum absolute atomic E-state index is 15.0. The summed E-state index contributed by atoms with van der Waals surface area (Å²) in [5, 5.41) is 4.25. The molecule has 1 saturated heterocycles. The van der Waals surface area contributed by atoms with Crippen molar-refractivity contribution in [2.24, 2.45) is 7.05 Å². The van der Waals surface area contributed by atoms with Gasteiger partial charge in [0.2, 0.25) is 5.95 Å². The van der Waals surface area contributed by atoms with Gasteiger partial charge in [0.05, 0.1) is 30.7 Å². The van der Waals surface area contributed by atoms with E-state index in [9.17, 15) is 4.39 Å². The van der Waals surface area contributed by atoms with Crippen molar-refractivity contribution in [3.05, 3.63) is 58.9 Å². The van der Waals surface area contributed by atoms with Gasteiger partial charge >= 0.3 is 0 Å². The lowest BCUT2D eigenvalue weighted by Gasteiger charge is -2.32. The molecule has 4 aromatic rings. The molecule has 1 aliphatic rings. The molecule has 1 fully saturated rings. The number of rotatable bonds is 3. The summed E-state index contributed by atoms with van der Waals surface area (Å²) in [6, 6.07) is 5.11. The molecule has 164 valence electrons. The highest BCUT2D eigenvalue weighted by molar-refractivity contribution is 5.88. The fourth-order valence-electron chi connectivity index (χ4n) is 3.88. The summed E-state index contributed by atoms with van der Waals surface area (Å²) in [7, 11) is 1.88. The molecular weight excluding hydrogens is 409 g/mol. The first-order valence-corrected chi connectivity index (χ1v) is 10.5. The lowest BCUT2D eigenvalue weighted by Crippen LogP contribution is -2.39. The highest BCUT2D eigenvalue weighted by atomic mass is 19.1. The van der Waals surface area contributed by atoms with Crippen molar-refractivity contribution in [2.45, 2.75) is 26.9 Å². The Bertz CT molecular complexity index is 1320. The van der Waals surface area contributed by atoms with Crippen LogP contribution in [0.25, 0.3) is 22.4 Å². The van der Waals surface area contributed by atoms with E-state index in [1.165, 1.54) is 6.07 Å². The number of fused-ring (bicyclic) bond motifs is 1. The number of ether oxygens (including phenoxy) is 1. The fourth-order valence-corrected chi connectivity index (χ4v) is 3.88. The van der Waals surface area contributed by atoms with Gasteiger partial charge in [0, 0.05) is 30.9 Å². The maximum atomic E-state index is 15.0. The van der Waals surface area contributed by atoms with E-state index in [4.69, 9.17) is 14.7 Å². The van der Waals surface area contributed by atoms with E-state index in [-0.39, 0.29) is 11.9 Å². The third-order valence-corrected chi connectivity index (χ3v) is 5.76. The third kappa shape index (κ3) is 3.69. The zero-order valence-corrected chi connectivity index (χ0v) is 18.5. The largest absolute Gasteiger partial charge is 0.370 e. The summed E-state index contributed by atoms with van der Waals surface area (Å²) < 4.78 is 22.7. The second-order valence-electron chi connectivity index (χ2n) is 8.17. The lowest BCUT2D eigenvalue weighted by molar-refractivity contribution is 0.0392. The Hall–Kier alpha value is -3.46. The molecule has 3 aromatic heterocycles. The van der Waals surface area contributed by atoms with Gasteiger partial charge in [-0.25, -0.2) is 19.3 Å². The maximum Gasteiger partial charge on any atom is 0.228 e. The molecule has 0 spiro atoms. The van der Waals surface area contributed by atoms with Crippen molar-refractivity contribution in [1.82, 2.24) is 29.7 Å². The average Bonchev–Trinajstić information content (AvgIpc) is 3.21. The molecule has 1 aromatic carbocycles. The molecule has 32 heavy (non-hydrogen) atoms. The van der Waals surface area contributed by atoms with Crippen LogP contribution in [0.3, 0.4) is 0 Å². The molecule has 0 amide bonds. The predicted octanol–water partition coefficient (Wildman–Crippen LogP) is 3.46. The van der Waals surface area contributed by atoms with Crippen LogP contribution in [0.15, 0.2) is 30.6 Å². The molecule has 0 saturated carbocycles. The number of aromatic nitrogens is 6. The number of hydrogen-bond donors (Lipinski definition) is 0. The molecule has 8 nitrogen and oxygen atoms in total. The Morgan fingerprint density at radius 2 is 1.88 bits per heavy atom. The molecule has 0 bridgehead atoms. The highest BCUT2D eigenvalue weighted by Crippen LogP contribution is 2.31. The number of anilines is 1. The van der Waals surface area contributed by atoms with Crippen LogP contribution in [0.1, 0.15) is 28.6 Å². The Kier molecular flexibility index (Phi) is 5.05. The molecule has 1 aliphatic heterocycles. The molecule has 4 heterocycles. The first-order valence-electron chi connectivity index (χ1n) is 10.5. The second kappa shape index (κ2) is 7.90. The molecule has 0 unspecified atom stereocenters. The third-order valence-electron chi connectivity index (χ3n) is 5.76. The van der Waals surface area contributed by atoms with Gasteiger partial charge in [-0.05, 0) is 38.5 Å². The quantitative estimate of drug-likeness (QED) is 0.489. The Balaban J connectivity index is 1.62. The molecule has 5 rings (SSSR count). The molecule has 1 atom stereocenters. The van der Waals surface area contributed by atoms with Gasteiger partial charge < -0.3 is 9.64 Å². The fraction of sp³-hybridized carbons (Fsp3) is 0.348. The predicted molar refractivity (Wildman–Crippen MR) is 119 cm³/mol. The van der Waals surface area contributed by atoms with E-state index in [0.29, 0.717) is 48.1 Å². The van der Waals surface area contributed by atoms with Crippen molar-refractivity contribution in [1.29, 1.82) is 0 Å². The minimum atomic E-state index is -0.341. The Morgan fingerprint density at radius 1 is 1.06 bits per heavy atom. The standard InChI is InChI=1S/C23H24FN7O/c1-13-5-6-17(18(24)9-13)20-21-22(27-15(3)14(2)26-21)29-23(28-20)31-7-8-32-19(12-31)16-10-25-30(4)11-16/h5-6,9-11,19H,7-8,12H2,1-4H3/t19-/m1/s1. The van der Waals surface area contributed by atoms with Crippen molar-refractivity contribution >= 4 is 17.1 Å². The van der Waals surface area contributed by atoms with Crippen LogP contribution in [-0.2, 0) is 11.8 Å². The number of nitrogens with zero attached hydrogens (tertiary/aromatic N) is 7. The normalized spacial score (nSPS) is 16.7. The second-order valence-corrected chi connectivity index (χ2v) is 8.17. The minimum Gasteiger partial charge on any atom is -0.370 e. The summed E-state index contributed by atoms with van der Waals surface area (Å²) in [5.74, 6) is 0.147. The van der Waals surface area contributed by atoms with E-state index >= 15 is 0 Å². The van der Waals surface area contributed by atoms with Gasteiger partial charge in [-0.2, -0.15) is 10.1 Å². The van der Waals surface area contributed by atoms with Crippen LogP contribution >= 0.6 is 0 Å². The van der Waals surface area contributed by atoms with Crippen LogP contribution in [-0.4, -0.2) is 49.4 Å². The number of benzene rings is 1. The van der Waals surface area contributed by atoms with Gasteiger partial charge in [-0.15, -0.1) is 0 Å². The average molecular weight is 433 g/mol. The number of hydrogen-bond acceptors (Lipinski definition) is 7. The van der Waals surface area contributed by atoms with Gasteiger partial charge in [0.25, 0.3) is 0 Å².